The van der Waals surface area contributed by atoms with Crippen LogP contribution in [0.1, 0.15) is 45.6 Å². The third-order valence-corrected chi connectivity index (χ3v) is 6.15. The minimum Gasteiger partial charge on any atom is -0.322 e. The largest absolute Gasteiger partial charge is 0.322 e. The number of nitrogens with one attached hydrogen (secondary N) is 1. The molecule has 3 atom stereocenters. The van der Waals surface area contributed by atoms with Gasteiger partial charge in [0.05, 0.1) is 11.9 Å². The molecule has 2 bridgehead atoms. The molecule has 1 aromatic heterocycles. The number of carbonyl (C=O) groups is 1. The number of hydrogen-bond acceptors (Lipinski definition) is 3. The lowest BCUT2D eigenvalue weighted by Gasteiger charge is -2.40. The van der Waals surface area contributed by atoms with E-state index in [1.54, 1.807) is 6.20 Å². The molecule has 132 valence electrons. The maximum Gasteiger partial charge on any atom is 0.322 e. The highest BCUT2D eigenvalue weighted by molar-refractivity contribution is 5.89. The number of anilines is 1. The van der Waals surface area contributed by atoms with Gasteiger partial charge in [0.2, 0.25) is 0 Å². The minimum absolute atomic E-state index is 0.00546. The van der Waals surface area contributed by atoms with Gasteiger partial charge >= 0.3 is 6.03 Å². The first-order valence-electron chi connectivity index (χ1n) is 9.44. The SMILES string of the molecule is CC(C)n1cc(NC(=O)N2CCN([C@H]3C[C@H]4CC[C@H]3C4)CC2)cn1. The summed E-state index contributed by atoms with van der Waals surface area (Å²) in [4.78, 5) is 17.0. The van der Waals surface area contributed by atoms with Gasteiger partial charge in [-0.1, -0.05) is 6.42 Å². The van der Waals surface area contributed by atoms with Crippen molar-refractivity contribution in [1.29, 1.82) is 0 Å². The molecule has 3 aliphatic rings. The van der Waals surface area contributed by atoms with Crippen molar-refractivity contribution in [3.63, 3.8) is 0 Å². The zero-order valence-electron chi connectivity index (χ0n) is 14.8. The smallest absolute Gasteiger partial charge is 0.322 e. The first kappa shape index (κ1) is 15.9. The Balaban J connectivity index is 1.28. The van der Waals surface area contributed by atoms with E-state index in [-0.39, 0.29) is 6.03 Å². The second-order valence-electron chi connectivity index (χ2n) is 8.00. The van der Waals surface area contributed by atoms with Gasteiger partial charge in [-0.05, 0) is 44.9 Å². The highest BCUT2D eigenvalue weighted by Gasteiger charge is 2.42. The second kappa shape index (κ2) is 6.39. The number of rotatable bonds is 3. The fourth-order valence-electron chi connectivity index (χ4n) is 4.80. The topological polar surface area (TPSA) is 53.4 Å². The van der Waals surface area contributed by atoms with E-state index in [1.807, 2.05) is 15.8 Å². The van der Waals surface area contributed by atoms with Crippen LogP contribution in [0.4, 0.5) is 10.5 Å². The van der Waals surface area contributed by atoms with Gasteiger partial charge in [-0.3, -0.25) is 9.58 Å². The molecule has 0 radical (unpaired) electrons. The molecule has 1 N–H and O–H groups in total. The van der Waals surface area contributed by atoms with Crippen LogP contribution >= 0.6 is 0 Å². The third kappa shape index (κ3) is 3.04. The lowest BCUT2D eigenvalue weighted by atomic mass is 9.93. The Bertz CT molecular complexity index is 590. The normalized spacial score (nSPS) is 30.3. The van der Waals surface area contributed by atoms with Crippen molar-refractivity contribution in [1.82, 2.24) is 19.6 Å². The zero-order valence-corrected chi connectivity index (χ0v) is 14.8. The van der Waals surface area contributed by atoms with E-state index in [2.05, 4.69) is 29.2 Å². The summed E-state index contributed by atoms with van der Waals surface area (Å²) in [5, 5.41) is 7.26. The summed E-state index contributed by atoms with van der Waals surface area (Å²) < 4.78 is 1.86. The van der Waals surface area contributed by atoms with Gasteiger partial charge in [0.15, 0.2) is 0 Å². The highest BCUT2D eigenvalue weighted by Crippen LogP contribution is 2.46. The molecular weight excluding hydrogens is 302 g/mol. The minimum atomic E-state index is 0.00546. The van der Waals surface area contributed by atoms with Gasteiger partial charge in [-0.2, -0.15) is 5.10 Å². The molecule has 1 aromatic rings. The molecule has 4 rings (SSSR count). The number of carbonyl (C=O) groups excluding carboxylic acids is 1. The van der Waals surface area contributed by atoms with E-state index in [9.17, 15) is 4.79 Å². The monoisotopic (exact) mass is 331 g/mol. The molecule has 24 heavy (non-hydrogen) atoms. The Kier molecular flexibility index (Phi) is 4.24. The fourth-order valence-corrected chi connectivity index (χ4v) is 4.80. The van der Waals surface area contributed by atoms with Gasteiger partial charge < -0.3 is 10.2 Å². The predicted octanol–water partition coefficient (Wildman–Crippen LogP) is 2.80. The van der Waals surface area contributed by atoms with Crippen LogP contribution < -0.4 is 5.32 Å². The fraction of sp³-hybridized carbons (Fsp3) is 0.778. The maximum atomic E-state index is 12.5. The molecule has 6 heteroatoms. The first-order valence-corrected chi connectivity index (χ1v) is 9.44. The van der Waals surface area contributed by atoms with Gasteiger partial charge in [-0.25, -0.2) is 4.79 Å². The Morgan fingerprint density at radius 2 is 2.00 bits per heavy atom. The summed E-state index contributed by atoms with van der Waals surface area (Å²) >= 11 is 0. The van der Waals surface area contributed by atoms with Crippen LogP contribution in [0.3, 0.4) is 0 Å². The van der Waals surface area contributed by atoms with Crippen LogP contribution in [-0.2, 0) is 0 Å². The van der Waals surface area contributed by atoms with E-state index in [0.717, 1.165) is 49.7 Å². The Morgan fingerprint density at radius 1 is 1.21 bits per heavy atom. The standard InChI is InChI=1S/C18H29N5O/c1-13(2)23-12-16(11-19-23)20-18(24)22-7-5-21(6-8-22)17-10-14-3-4-15(17)9-14/h11-15,17H,3-10H2,1-2H3,(H,20,24)/t14-,15-,17-/m0/s1. The predicted molar refractivity (Wildman–Crippen MR) is 94.0 cm³/mol. The molecular formula is C18H29N5O. The summed E-state index contributed by atoms with van der Waals surface area (Å²) in [6, 6.07) is 1.10. The van der Waals surface area contributed by atoms with Crippen molar-refractivity contribution in [2.24, 2.45) is 11.8 Å². The van der Waals surface area contributed by atoms with Crippen LogP contribution in [0.25, 0.3) is 0 Å². The molecule has 6 nitrogen and oxygen atoms in total. The van der Waals surface area contributed by atoms with Crippen molar-refractivity contribution in [2.75, 3.05) is 31.5 Å². The Morgan fingerprint density at radius 3 is 2.58 bits per heavy atom. The van der Waals surface area contributed by atoms with Gasteiger partial charge in [-0.15, -0.1) is 0 Å². The highest BCUT2D eigenvalue weighted by atomic mass is 16.2. The molecule has 2 heterocycles. The van der Waals surface area contributed by atoms with E-state index in [4.69, 9.17) is 0 Å². The number of piperazine rings is 1. The molecule has 3 fully saturated rings. The summed E-state index contributed by atoms with van der Waals surface area (Å²) in [5.74, 6) is 1.91. The van der Waals surface area contributed by atoms with E-state index >= 15 is 0 Å². The molecule has 2 aliphatic carbocycles. The Labute approximate surface area is 144 Å². The van der Waals surface area contributed by atoms with E-state index in [1.165, 1.54) is 25.7 Å². The molecule has 1 aliphatic heterocycles. The van der Waals surface area contributed by atoms with Gasteiger partial charge in [0, 0.05) is 44.5 Å². The Hall–Kier alpha value is -1.56. The summed E-state index contributed by atoms with van der Waals surface area (Å²) in [6.07, 6.45) is 9.34. The summed E-state index contributed by atoms with van der Waals surface area (Å²) in [5.41, 5.74) is 0.782. The van der Waals surface area contributed by atoms with Crippen LogP contribution in [-0.4, -0.2) is 57.8 Å². The summed E-state index contributed by atoms with van der Waals surface area (Å²) in [6.45, 7) is 7.86. The second-order valence-corrected chi connectivity index (χ2v) is 8.00. The van der Waals surface area contributed by atoms with Crippen LogP contribution in [0, 0.1) is 11.8 Å². The number of urea groups is 1. The van der Waals surface area contributed by atoms with Crippen molar-refractivity contribution in [2.45, 2.75) is 51.6 Å². The van der Waals surface area contributed by atoms with Crippen LogP contribution in [0.5, 0.6) is 0 Å². The lowest BCUT2D eigenvalue weighted by Crippen LogP contribution is -2.53. The third-order valence-electron chi connectivity index (χ3n) is 6.15. The van der Waals surface area contributed by atoms with Crippen LogP contribution in [0.2, 0.25) is 0 Å². The number of fused-ring (bicyclic) bond motifs is 2. The summed E-state index contributed by atoms with van der Waals surface area (Å²) in [7, 11) is 0. The van der Waals surface area contributed by atoms with E-state index < -0.39 is 0 Å². The van der Waals surface area contributed by atoms with Crippen molar-refractivity contribution in [3.05, 3.63) is 12.4 Å². The molecule has 0 spiro atoms. The lowest BCUT2D eigenvalue weighted by molar-refractivity contribution is 0.0860. The molecule has 0 aromatic carbocycles. The number of aromatic nitrogens is 2. The first-order chi connectivity index (χ1) is 11.6. The molecule has 2 amide bonds. The number of nitrogens with zero attached hydrogens (tertiary/aromatic N) is 4. The molecule has 1 saturated heterocycles. The van der Waals surface area contributed by atoms with E-state index in [0.29, 0.717) is 6.04 Å². The quantitative estimate of drug-likeness (QED) is 0.926. The average Bonchev–Trinajstić information content (AvgIpc) is 3.31. The van der Waals surface area contributed by atoms with Crippen LogP contribution in [0.15, 0.2) is 12.4 Å². The van der Waals surface area contributed by atoms with Crippen molar-refractivity contribution >= 4 is 11.7 Å². The van der Waals surface area contributed by atoms with Crippen molar-refractivity contribution in [3.8, 4) is 0 Å². The number of amides is 2. The van der Waals surface area contributed by atoms with Gasteiger partial charge in [0.25, 0.3) is 0 Å². The molecule has 2 saturated carbocycles. The average molecular weight is 331 g/mol. The van der Waals surface area contributed by atoms with Gasteiger partial charge in [0.1, 0.15) is 0 Å². The maximum absolute atomic E-state index is 12.5. The zero-order chi connectivity index (χ0) is 16.7. The number of hydrogen-bond donors (Lipinski definition) is 1. The molecule has 0 unspecified atom stereocenters. The van der Waals surface area contributed by atoms with Crippen molar-refractivity contribution < 1.29 is 4.79 Å².